The molecule has 0 atom stereocenters. The van der Waals surface area contributed by atoms with Gasteiger partial charge >= 0.3 is 0 Å². The Kier molecular flexibility index (Phi) is 4.91. The largest absolute Gasteiger partial charge is 0.331 e. The van der Waals surface area contributed by atoms with Crippen LogP contribution >= 0.6 is 11.3 Å². The maximum Gasteiger partial charge on any atom is 0.257 e. The summed E-state index contributed by atoms with van der Waals surface area (Å²) in [6.45, 7) is 1.44. The molecular formula is C19H18N6OS. The average molecular weight is 378 g/mol. The summed E-state index contributed by atoms with van der Waals surface area (Å²) < 4.78 is 2.04. The Balaban J connectivity index is 1.51. The van der Waals surface area contributed by atoms with Gasteiger partial charge in [-0.25, -0.2) is 4.98 Å². The van der Waals surface area contributed by atoms with Crippen molar-refractivity contribution < 1.29 is 4.79 Å². The van der Waals surface area contributed by atoms with Crippen LogP contribution in [0.15, 0.2) is 54.9 Å². The molecule has 27 heavy (non-hydrogen) atoms. The molecule has 8 heteroatoms. The number of imidazole rings is 1. The molecule has 2 aromatic carbocycles. The molecule has 0 radical (unpaired) electrons. The Morgan fingerprint density at radius 2 is 2.00 bits per heavy atom. The van der Waals surface area contributed by atoms with E-state index < -0.39 is 0 Å². The maximum absolute atomic E-state index is 12.6. The van der Waals surface area contributed by atoms with E-state index in [2.05, 4.69) is 20.5 Å². The van der Waals surface area contributed by atoms with Gasteiger partial charge < -0.3 is 10.3 Å². The zero-order valence-corrected chi connectivity index (χ0v) is 15.3. The first-order chi connectivity index (χ1) is 13.2. The molecule has 1 amide bonds. The third kappa shape index (κ3) is 3.71. The minimum absolute atomic E-state index is 0.232. The number of nitrogens with two attached hydrogens (primary N) is 1. The van der Waals surface area contributed by atoms with Crippen LogP contribution in [-0.4, -0.2) is 32.2 Å². The second-order valence-electron chi connectivity index (χ2n) is 6.02. The number of hydrogen-bond donors (Lipinski definition) is 2. The summed E-state index contributed by atoms with van der Waals surface area (Å²) in [7, 11) is 0. The lowest BCUT2D eigenvalue weighted by molar-refractivity contribution is 0.102. The molecule has 0 bridgehead atoms. The lowest BCUT2D eigenvalue weighted by atomic mass is 10.2. The van der Waals surface area contributed by atoms with Crippen LogP contribution in [-0.2, 0) is 6.54 Å². The molecule has 3 N–H and O–H groups in total. The topological polar surface area (TPSA) is 98.7 Å². The lowest BCUT2D eigenvalue weighted by Crippen LogP contribution is -2.11. The van der Waals surface area contributed by atoms with Crippen LogP contribution in [0.4, 0.5) is 5.13 Å². The number of carbonyl (C=O) groups excluding carboxylic acids is 1. The smallest absolute Gasteiger partial charge is 0.257 e. The summed E-state index contributed by atoms with van der Waals surface area (Å²) in [5, 5.41) is 12.2. The van der Waals surface area contributed by atoms with E-state index in [1.54, 1.807) is 18.5 Å². The number of nitrogens with one attached hydrogen (secondary N) is 1. The average Bonchev–Trinajstić information content (AvgIpc) is 3.33. The summed E-state index contributed by atoms with van der Waals surface area (Å²) in [5.74, 6) is -0.232. The van der Waals surface area contributed by atoms with Gasteiger partial charge in [0.05, 0.1) is 17.4 Å². The van der Waals surface area contributed by atoms with E-state index in [9.17, 15) is 4.79 Å². The highest BCUT2D eigenvalue weighted by Crippen LogP contribution is 2.26. The van der Waals surface area contributed by atoms with Gasteiger partial charge in [-0.15, -0.1) is 10.2 Å². The normalized spacial score (nSPS) is 11.0. The van der Waals surface area contributed by atoms with Crippen molar-refractivity contribution in [3.05, 3.63) is 60.4 Å². The Labute approximate surface area is 159 Å². The number of fused-ring (bicyclic) bond motifs is 1. The Morgan fingerprint density at radius 1 is 1.15 bits per heavy atom. The highest BCUT2D eigenvalue weighted by Gasteiger charge is 2.13. The number of amides is 1. The third-order valence-corrected chi connectivity index (χ3v) is 5.04. The second kappa shape index (κ2) is 7.65. The van der Waals surface area contributed by atoms with Gasteiger partial charge in [-0.2, -0.15) is 0 Å². The molecule has 0 saturated carbocycles. The third-order valence-electron chi connectivity index (χ3n) is 4.15. The van der Waals surface area contributed by atoms with Crippen LogP contribution < -0.4 is 11.1 Å². The fraction of sp³-hybridized carbons (Fsp3) is 0.158. The Bertz CT molecular complexity index is 1070. The number of hydrogen-bond acceptors (Lipinski definition) is 6. The van der Waals surface area contributed by atoms with Gasteiger partial charge in [-0.05, 0) is 31.2 Å². The highest BCUT2D eigenvalue weighted by atomic mass is 32.1. The number of benzene rings is 2. The van der Waals surface area contributed by atoms with E-state index in [1.165, 1.54) is 11.3 Å². The molecular weight excluding hydrogens is 360 g/mol. The predicted octanol–water partition coefficient (Wildman–Crippen LogP) is 3.16. The van der Waals surface area contributed by atoms with Crippen LogP contribution in [0.5, 0.6) is 0 Å². The van der Waals surface area contributed by atoms with Crippen molar-refractivity contribution in [1.29, 1.82) is 0 Å². The number of anilines is 1. The second-order valence-corrected chi connectivity index (χ2v) is 6.99. The molecule has 0 aliphatic heterocycles. The summed E-state index contributed by atoms with van der Waals surface area (Å²) in [5.41, 5.74) is 8.84. The van der Waals surface area contributed by atoms with Gasteiger partial charge in [-0.3, -0.25) is 10.1 Å². The van der Waals surface area contributed by atoms with E-state index in [0.717, 1.165) is 34.6 Å². The molecule has 2 aromatic heterocycles. The minimum atomic E-state index is -0.232. The standard InChI is InChI=1S/C19H18N6OS/c20-9-4-10-25-12-21-15-11-14(7-8-16(15)25)17(26)22-19-24-23-18(27-19)13-5-2-1-3-6-13/h1-3,5-8,11-12H,4,9-10,20H2,(H,22,24,26). The number of aromatic nitrogens is 4. The number of nitrogens with zero attached hydrogens (tertiary/aromatic N) is 4. The number of rotatable bonds is 6. The Hall–Kier alpha value is -3.10. The fourth-order valence-corrected chi connectivity index (χ4v) is 3.53. The molecule has 0 unspecified atom stereocenters. The van der Waals surface area contributed by atoms with E-state index in [0.29, 0.717) is 17.2 Å². The molecule has 4 rings (SSSR count). The minimum Gasteiger partial charge on any atom is -0.331 e. The predicted molar refractivity (Wildman–Crippen MR) is 107 cm³/mol. The van der Waals surface area contributed by atoms with Crippen molar-refractivity contribution in [3.63, 3.8) is 0 Å². The lowest BCUT2D eigenvalue weighted by Gasteiger charge is -2.04. The molecule has 2 heterocycles. The quantitative estimate of drug-likeness (QED) is 0.537. The van der Waals surface area contributed by atoms with Gasteiger partial charge in [0, 0.05) is 17.7 Å². The molecule has 0 fully saturated rings. The van der Waals surface area contributed by atoms with Crippen molar-refractivity contribution in [1.82, 2.24) is 19.7 Å². The van der Waals surface area contributed by atoms with Crippen molar-refractivity contribution in [3.8, 4) is 10.6 Å². The monoisotopic (exact) mass is 378 g/mol. The van der Waals surface area contributed by atoms with E-state index in [-0.39, 0.29) is 5.91 Å². The summed E-state index contributed by atoms with van der Waals surface area (Å²) >= 11 is 1.34. The number of aryl methyl sites for hydroxylation is 1. The zero-order valence-electron chi connectivity index (χ0n) is 14.5. The van der Waals surface area contributed by atoms with E-state index in [1.807, 2.05) is 41.0 Å². The zero-order chi connectivity index (χ0) is 18.6. The first-order valence-corrected chi connectivity index (χ1v) is 9.41. The van der Waals surface area contributed by atoms with Crippen molar-refractivity contribution in [2.45, 2.75) is 13.0 Å². The molecule has 0 aliphatic carbocycles. The molecule has 0 saturated heterocycles. The summed E-state index contributed by atoms with van der Waals surface area (Å²) in [6.07, 6.45) is 2.66. The molecule has 0 spiro atoms. The van der Waals surface area contributed by atoms with Crippen LogP contribution in [0.1, 0.15) is 16.8 Å². The first-order valence-electron chi connectivity index (χ1n) is 8.60. The van der Waals surface area contributed by atoms with Crippen molar-refractivity contribution >= 4 is 33.4 Å². The summed E-state index contributed by atoms with van der Waals surface area (Å²) in [4.78, 5) is 16.9. The number of carbonyl (C=O) groups is 1. The molecule has 7 nitrogen and oxygen atoms in total. The van der Waals surface area contributed by atoms with Crippen molar-refractivity contribution in [2.24, 2.45) is 5.73 Å². The highest BCUT2D eigenvalue weighted by molar-refractivity contribution is 7.18. The van der Waals surface area contributed by atoms with Crippen LogP contribution in [0.3, 0.4) is 0 Å². The molecule has 4 aromatic rings. The molecule has 136 valence electrons. The maximum atomic E-state index is 12.6. The van der Waals surface area contributed by atoms with Crippen LogP contribution in [0.25, 0.3) is 21.6 Å². The van der Waals surface area contributed by atoms with Gasteiger partial charge in [0.15, 0.2) is 0 Å². The van der Waals surface area contributed by atoms with Crippen molar-refractivity contribution in [2.75, 3.05) is 11.9 Å². The SMILES string of the molecule is NCCCn1cnc2cc(C(=O)Nc3nnc(-c4ccccc4)s3)ccc21. The summed E-state index contributed by atoms with van der Waals surface area (Å²) in [6, 6.07) is 15.2. The van der Waals surface area contributed by atoms with Gasteiger partial charge in [-0.1, -0.05) is 41.7 Å². The molecule has 0 aliphatic rings. The van der Waals surface area contributed by atoms with E-state index in [4.69, 9.17) is 5.73 Å². The van der Waals surface area contributed by atoms with Gasteiger partial charge in [0.25, 0.3) is 5.91 Å². The van der Waals surface area contributed by atoms with Crippen LogP contribution in [0.2, 0.25) is 0 Å². The van der Waals surface area contributed by atoms with Crippen LogP contribution in [0, 0.1) is 0 Å². The first kappa shape index (κ1) is 17.3. The van der Waals surface area contributed by atoms with Gasteiger partial charge in [0.2, 0.25) is 5.13 Å². The van der Waals surface area contributed by atoms with E-state index >= 15 is 0 Å². The Morgan fingerprint density at radius 3 is 2.81 bits per heavy atom. The van der Waals surface area contributed by atoms with Gasteiger partial charge in [0.1, 0.15) is 5.01 Å². The fourth-order valence-electron chi connectivity index (χ4n) is 2.79.